The molecular weight excluding hydrogens is 374 g/mol. The molecule has 3 rings (SSSR count). The van der Waals surface area contributed by atoms with Gasteiger partial charge in [0.2, 0.25) is 11.8 Å². The van der Waals surface area contributed by atoms with Crippen LogP contribution in [-0.4, -0.2) is 50.8 Å². The average Bonchev–Trinajstić information content (AvgIpc) is 2.92. The van der Waals surface area contributed by atoms with Crippen molar-refractivity contribution in [3.63, 3.8) is 0 Å². The van der Waals surface area contributed by atoms with Crippen molar-refractivity contribution in [1.82, 2.24) is 19.7 Å². The summed E-state index contributed by atoms with van der Waals surface area (Å²) in [4.78, 5) is 26.2. The summed E-state index contributed by atoms with van der Waals surface area (Å²) >= 11 is 1.39. The summed E-state index contributed by atoms with van der Waals surface area (Å²) < 4.78 is 2.12. The molecule has 2 heterocycles. The lowest BCUT2D eigenvalue weighted by molar-refractivity contribution is -0.131. The molecule has 1 N–H and O–H groups in total. The van der Waals surface area contributed by atoms with E-state index in [1.807, 2.05) is 31.2 Å². The van der Waals surface area contributed by atoms with Crippen LogP contribution in [0.4, 0.5) is 5.69 Å². The number of benzene rings is 1. The molecule has 0 saturated carbocycles. The normalized spacial score (nSPS) is 13.5. The van der Waals surface area contributed by atoms with Gasteiger partial charge in [0.15, 0.2) is 5.16 Å². The molecule has 0 spiro atoms. The van der Waals surface area contributed by atoms with E-state index in [9.17, 15) is 9.59 Å². The molecule has 8 heteroatoms. The molecule has 0 unspecified atom stereocenters. The Morgan fingerprint density at radius 2 is 2.04 bits per heavy atom. The third-order valence-corrected chi connectivity index (χ3v) is 5.83. The van der Waals surface area contributed by atoms with E-state index in [4.69, 9.17) is 0 Å². The number of thioether (sulfide) groups is 1. The van der Waals surface area contributed by atoms with Crippen molar-refractivity contribution in [3.8, 4) is 0 Å². The fraction of sp³-hybridized carbons (Fsp3) is 0.500. The summed E-state index contributed by atoms with van der Waals surface area (Å²) in [5.41, 5.74) is 1.88. The summed E-state index contributed by atoms with van der Waals surface area (Å²) in [5.74, 6) is 0.954. The summed E-state index contributed by atoms with van der Waals surface area (Å²) in [7, 11) is 1.65. The molecule has 1 aliphatic heterocycles. The number of amides is 2. The van der Waals surface area contributed by atoms with Gasteiger partial charge in [0.05, 0.1) is 12.3 Å². The Labute approximate surface area is 169 Å². The third-order valence-electron chi connectivity index (χ3n) is 4.88. The first kappa shape index (κ1) is 20.4. The van der Waals surface area contributed by atoms with E-state index in [0.29, 0.717) is 0 Å². The maximum absolute atomic E-state index is 12.5. The molecule has 0 bridgehead atoms. The number of nitrogens with one attached hydrogen (secondary N) is 1. The zero-order valence-electron chi connectivity index (χ0n) is 16.5. The number of nitrogens with zero attached hydrogens (tertiary/aromatic N) is 4. The molecule has 1 aromatic heterocycles. The van der Waals surface area contributed by atoms with Gasteiger partial charge in [-0.05, 0) is 30.9 Å². The van der Waals surface area contributed by atoms with E-state index < -0.39 is 0 Å². The van der Waals surface area contributed by atoms with Gasteiger partial charge in [-0.3, -0.25) is 9.59 Å². The number of rotatable bonds is 7. The lowest BCUT2D eigenvalue weighted by atomic mass is 10.1. The molecule has 0 saturated heterocycles. The highest BCUT2D eigenvalue weighted by Crippen LogP contribution is 2.22. The van der Waals surface area contributed by atoms with Crippen LogP contribution in [0.25, 0.3) is 0 Å². The van der Waals surface area contributed by atoms with E-state index >= 15 is 0 Å². The molecular formula is C20H27N5O2S. The van der Waals surface area contributed by atoms with Crippen molar-refractivity contribution in [2.45, 2.75) is 50.7 Å². The summed E-state index contributed by atoms with van der Waals surface area (Å²) in [6.07, 6.45) is 5.24. The second-order valence-corrected chi connectivity index (χ2v) is 7.90. The molecule has 2 amide bonds. The smallest absolute Gasteiger partial charge is 0.243 e. The van der Waals surface area contributed by atoms with Crippen LogP contribution in [0.2, 0.25) is 0 Å². The Morgan fingerprint density at radius 3 is 2.86 bits per heavy atom. The summed E-state index contributed by atoms with van der Waals surface area (Å²) in [6, 6.07) is 7.71. The van der Waals surface area contributed by atoms with Crippen LogP contribution in [-0.2, 0) is 29.0 Å². The number of hydrogen-bond acceptors (Lipinski definition) is 5. The highest BCUT2D eigenvalue weighted by molar-refractivity contribution is 7.99. The topological polar surface area (TPSA) is 80.1 Å². The first-order valence-electron chi connectivity index (χ1n) is 9.75. The number of fused-ring (bicyclic) bond motifs is 1. The van der Waals surface area contributed by atoms with Gasteiger partial charge in [-0.15, -0.1) is 10.2 Å². The van der Waals surface area contributed by atoms with Crippen LogP contribution in [0.3, 0.4) is 0 Å². The van der Waals surface area contributed by atoms with Gasteiger partial charge in [-0.25, -0.2) is 0 Å². The van der Waals surface area contributed by atoms with Crippen molar-refractivity contribution in [1.29, 1.82) is 0 Å². The molecule has 1 aliphatic rings. The van der Waals surface area contributed by atoms with E-state index in [0.717, 1.165) is 54.5 Å². The fourth-order valence-corrected chi connectivity index (χ4v) is 4.17. The minimum absolute atomic E-state index is 0.0232. The van der Waals surface area contributed by atoms with Crippen molar-refractivity contribution in [2.24, 2.45) is 0 Å². The Balaban J connectivity index is 1.51. The van der Waals surface area contributed by atoms with Gasteiger partial charge < -0.3 is 14.8 Å². The first-order valence-corrected chi connectivity index (χ1v) is 10.7. The number of carbonyl (C=O) groups excluding carboxylic acids is 2. The Morgan fingerprint density at radius 1 is 1.21 bits per heavy atom. The number of aromatic nitrogens is 3. The predicted molar refractivity (Wildman–Crippen MR) is 110 cm³/mol. The number of aryl methyl sites for hydroxylation is 2. The first-order chi connectivity index (χ1) is 13.6. The molecule has 150 valence electrons. The van der Waals surface area contributed by atoms with Crippen LogP contribution < -0.4 is 5.32 Å². The fourth-order valence-electron chi connectivity index (χ4n) is 3.25. The zero-order valence-corrected chi connectivity index (χ0v) is 17.3. The quantitative estimate of drug-likeness (QED) is 0.722. The van der Waals surface area contributed by atoms with Crippen molar-refractivity contribution < 1.29 is 9.59 Å². The van der Waals surface area contributed by atoms with Crippen LogP contribution >= 0.6 is 11.8 Å². The van der Waals surface area contributed by atoms with Crippen LogP contribution in [0, 0.1) is 0 Å². The Hall–Kier alpha value is -2.35. The van der Waals surface area contributed by atoms with Gasteiger partial charge in [-0.1, -0.05) is 43.3 Å². The minimum Gasteiger partial charge on any atom is -0.336 e. The number of likely N-dealkylation sites (N-methyl/N-ethyl adjacent to an activating group) is 1. The monoisotopic (exact) mass is 401 g/mol. The van der Waals surface area contributed by atoms with Crippen molar-refractivity contribution in [3.05, 3.63) is 35.7 Å². The lowest BCUT2D eigenvalue weighted by Gasteiger charge is -2.17. The summed E-state index contributed by atoms with van der Waals surface area (Å²) in [6.45, 7) is 2.98. The number of para-hydroxylation sites is 1. The lowest BCUT2D eigenvalue weighted by Crippen LogP contribution is -2.36. The van der Waals surface area contributed by atoms with E-state index in [1.54, 1.807) is 7.05 Å². The van der Waals surface area contributed by atoms with Gasteiger partial charge in [0.1, 0.15) is 5.82 Å². The van der Waals surface area contributed by atoms with Crippen molar-refractivity contribution in [2.75, 3.05) is 24.7 Å². The Kier molecular flexibility index (Phi) is 7.08. The second-order valence-electron chi connectivity index (χ2n) is 6.96. The van der Waals surface area contributed by atoms with Gasteiger partial charge in [0, 0.05) is 25.7 Å². The molecule has 7 nitrogen and oxygen atoms in total. The maximum Gasteiger partial charge on any atom is 0.243 e. The minimum atomic E-state index is -0.196. The highest BCUT2D eigenvalue weighted by atomic mass is 32.2. The number of carbonyl (C=O) groups is 2. The molecule has 0 atom stereocenters. The second kappa shape index (κ2) is 9.73. The van der Waals surface area contributed by atoms with Crippen LogP contribution in [0.15, 0.2) is 29.4 Å². The molecule has 0 aliphatic carbocycles. The molecule has 28 heavy (non-hydrogen) atoms. The SMILES string of the molecule is CCc1ccccc1NC(=O)CN(C)C(=O)CSc1nnc2n1CCCCC2. The predicted octanol–water partition coefficient (Wildman–Crippen LogP) is 2.76. The molecule has 1 aromatic carbocycles. The van der Waals surface area contributed by atoms with E-state index in [1.165, 1.54) is 23.1 Å². The molecule has 0 radical (unpaired) electrons. The Bertz CT molecular complexity index is 836. The zero-order chi connectivity index (χ0) is 19.9. The molecule has 2 aromatic rings. The van der Waals surface area contributed by atoms with E-state index in [2.05, 4.69) is 20.1 Å². The molecule has 0 fully saturated rings. The number of hydrogen-bond donors (Lipinski definition) is 1. The van der Waals surface area contributed by atoms with Gasteiger partial charge >= 0.3 is 0 Å². The largest absolute Gasteiger partial charge is 0.336 e. The van der Waals surface area contributed by atoms with Gasteiger partial charge in [0.25, 0.3) is 0 Å². The standard InChI is InChI=1S/C20H27N5O2S/c1-3-15-9-6-7-10-16(15)21-18(26)13-24(2)19(27)14-28-20-23-22-17-11-5-4-8-12-25(17)20/h6-7,9-10H,3-5,8,11-14H2,1-2H3,(H,21,26). The summed E-state index contributed by atoms with van der Waals surface area (Å²) in [5, 5.41) is 12.2. The van der Waals surface area contributed by atoms with Gasteiger partial charge in [-0.2, -0.15) is 0 Å². The highest BCUT2D eigenvalue weighted by Gasteiger charge is 2.18. The number of anilines is 1. The van der Waals surface area contributed by atoms with Crippen molar-refractivity contribution >= 4 is 29.3 Å². The van der Waals surface area contributed by atoms with Crippen LogP contribution in [0.5, 0.6) is 0 Å². The van der Waals surface area contributed by atoms with E-state index in [-0.39, 0.29) is 24.1 Å². The third kappa shape index (κ3) is 5.13. The van der Waals surface area contributed by atoms with Crippen LogP contribution in [0.1, 0.15) is 37.6 Å². The maximum atomic E-state index is 12.5. The average molecular weight is 402 g/mol.